The third-order valence-corrected chi connectivity index (χ3v) is 7.51. The summed E-state index contributed by atoms with van der Waals surface area (Å²) in [5.41, 5.74) is 9.48. The van der Waals surface area contributed by atoms with Crippen LogP contribution in [0.25, 0.3) is 27.6 Å². The number of hydrogen-bond donors (Lipinski definition) is 2. The fourth-order valence-electron chi connectivity index (χ4n) is 3.49. The molecule has 0 atom stereocenters. The number of carbonyl (C=O) groups excluding carboxylic acids is 2. The summed E-state index contributed by atoms with van der Waals surface area (Å²) in [7, 11) is 0. The van der Waals surface area contributed by atoms with Crippen molar-refractivity contribution in [3.8, 4) is 11.3 Å². The molecule has 1 amide bonds. The molecule has 0 saturated carbocycles. The van der Waals surface area contributed by atoms with E-state index in [2.05, 4.69) is 10.3 Å². The molecule has 172 valence electrons. The summed E-state index contributed by atoms with van der Waals surface area (Å²) < 4.78 is 0. The Morgan fingerprint density at radius 1 is 0.971 bits per heavy atom. The molecular weight excluding hydrogens is 498 g/mol. The number of nitrogens with zero attached hydrogens (tertiary/aromatic N) is 1. The molecule has 5 nitrogen and oxygen atoms in total. The Morgan fingerprint density at radius 3 is 2.46 bits per heavy atom. The number of nitrogen functional groups attached to an aromatic ring is 1. The topological polar surface area (TPSA) is 85.1 Å². The van der Waals surface area contributed by atoms with Crippen molar-refractivity contribution in [3.63, 3.8) is 0 Å². The minimum Gasteiger partial charge on any atom is -0.397 e. The number of pyridine rings is 1. The molecule has 2 aromatic carbocycles. The van der Waals surface area contributed by atoms with E-state index in [4.69, 9.17) is 17.3 Å². The molecule has 5 aromatic rings. The highest BCUT2D eigenvalue weighted by atomic mass is 35.5. The van der Waals surface area contributed by atoms with Crippen molar-refractivity contribution in [2.45, 2.75) is 0 Å². The van der Waals surface area contributed by atoms with Gasteiger partial charge < -0.3 is 11.1 Å². The summed E-state index contributed by atoms with van der Waals surface area (Å²) in [4.78, 5) is 32.1. The van der Waals surface area contributed by atoms with E-state index < -0.39 is 0 Å². The molecule has 0 aliphatic carbocycles. The van der Waals surface area contributed by atoms with Crippen LogP contribution < -0.4 is 11.1 Å². The van der Waals surface area contributed by atoms with Crippen molar-refractivity contribution >= 4 is 73.6 Å². The van der Waals surface area contributed by atoms with E-state index in [0.29, 0.717) is 31.7 Å². The summed E-state index contributed by atoms with van der Waals surface area (Å²) >= 11 is 8.78. The quantitative estimate of drug-likeness (QED) is 0.182. The van der Waals surface area contributed by atoms with Gasteiger partial charge in [0.1, 0.15) is 9.71 Å². The number of rotatable bonds is 6. The number of allylic oxidation sites excluding steroid dienone is 1. The highest BCUT2D eigenvalue weighted by molar-refractivity contribution is 7.21. The van der Waals surface area contributed by atoms with E-state index in [0.717, 1.165) is 21.5 Å². The first kappa shape index (κ1) is 23.0. The maximum atomic E-state index is 12.9. The third kappa shape index (κ3) is 5.02. The maximum Gasteiger partial charge on any atom is 0.267 e. The van der Waals surface area contributed by atoms with E-state index >= 15 is 0 Å². The molecule has 0 radical (unpaired) electrons. The molecule has 8 heteroatoms. The predicted octanol–water partition coefficient (Wildman–Crippen LogP) is 7.41. The van der Waals surface area contributed by atoms with E-state index in [1.54, 1.807) is 47.8 Å². The third-order valence-electron chi connectivity index (χ3n) is 5.31. The fourth-order valence-corrected chi connectivity index (χ4v) is 5.23. The van der Waals surface area contributed by atoms with E-state index in [1.165, 1.54) is 11.3 Å². The molecule has 35 heavy (non-hydrogen) atoms. The van der Waals surface area contributed by atoms with Gasteiger partial charge in [-0.3, -0.25) is 9.59 Å². The number of nitrogens with one attached hydrogen (secondary N) is 1. The summed E-state index contributed by atoms with van der Waals surface area (Å²) in [6, 6.07) is 21.8. The van der Waals surface area contributed by atoms with Crippen LogP contribution in [0.15, 0.2) is 84.3 Å². The van der Waals surface area contributed by atoms with Crippen LogP contribution in [0.3, 0.4) is 0 Å². The minimum atomic E-state index is -0.324. The fraction of sp³-hybridized carbons (Fsp3) is 0. The number of aromatic nitrogens is 1. The van der Waals surface area contributed by atoms with Gasteiger partial charge in [-0.15, -0.1) is 22.7 Å². The SMILES string of the molecule is Nc1c(C(=O)Nc2ccc(C(=O)C=Cc3cccs3)cc2)sc2nc(-c3ccc(Cl)cc3)ccc12. The molecule has 0 aliphatic rings. The Morgan fingerprint density at radius 2 is 1.74 bits per heavy atom. The average Bonchev–Trinajstić information content (AvgIpc) is 3.51. The number of halogens is 1. The van der Waals surface area contributed by atoms with Gasteiger partial charge in [-0.1, -0.05) is 29.8 Å². The van der Waals surface area contributed by atoms with Gasteiger partial charge in [0, 0.05) is 32.1 Å². The number of nitrogens with two attached hydrogens (primary N) is 1. The molecule has 0 unspecified atom stereocenters. The van der Waals surface area contributed by atoms with Crippen LogP contribution in [0.1, 0.15) is 24.9 Å². The number of benzene rings is 2. The lowest BCUT2D eigenvalue weighted by Gasteiger charge is -2.05. The first-order valence-corrected chi connectivity index (χ1v) is 12.7. The number of anilines is 2. The van der Waals surface area contributed by atoms with Crippen molar-refractivity contribution in [1.82, 2.24) is 4.98 Å². The van der Waals surface area contributed by atoms with E-state index in [-0.39, 0.29) is 11.7 Å². The zero-order valence-electron chi connectivity index (χ0n) is 18.2. The van der Waals surface area contributed by atoms with Gasteiger partial charge in [0.2, 0.25) is 0 Å². The van der Waals surface area contributed by atoms with Crippen LogP contribution in [0.2, 0.25) is 5.02 Å². The van der Waals surface area contributed by atoms with Gasteiger partial charge >= 0.3 is 0 Å². The van der Waals surface area contributed by atoms with Gasteiger partial charge in [0.05, 0.1) is 11.4 Å². The monoisotopic (exact) mass is 515 g/mol. The normalized spacial score (nSPS) is 11.2. The summed E-state index contributed by atoms with van der Waals surface area (Å²) in [6.45, 7) is 0. The lowest BCUT2D eigenvalue weighted by molar-refractivity contribution is 0.102. The Labute approximate surface area is 214 Å². The second kappa shape index (κ2) is 9.84. The molecule has 0 saturated heterocycles. The zero-order chi connectivity index (χ0) is 24.4. The molecule has 5 rings (SSSR count). The van der Waals surface area contributed by atoms with Crippen molar-refractivity contribution in [2.24, 2.45) is 0 Å². The van der Waals surface area contributed by atoms with E-state index in [1.807, 2.05) is 53.9 Å². The van der Waals surface area contributed by atoms with Crippen LogP contribution in [0, 0.1) is 0 Å². The predicted molar refractivity (Wildman–Crippen MR) is 147 cm³/mol. The lowest BCUT2D eigenvalue weighted by Crippen LogP contribution is -2.12. The molecular formula is C27H18ClN3O2S2. The maximum absolute atomic E-state index is 12.9. The van der Waals surface area contributed by atoms with Crippen LogP contribution in [0.4, 0.5) is 11.4 Å². The Bertz CT molecular complexity index is 1560. The first-order valence-electron chi connectivity index (χ1n) is 10.6. The first-order chi connectivity index (χ1) is 17.0. The highest BCUT2D eigenvalue weighted by Gasteiger charge is 2.18. The summed E-state index contributed by atoms with van der Waals surface area (Å²) in [5, 5.41) is 6.20. The van der Waals surface area contributed by atoms with Crippen molar-refractivity contribution in [2.75, 3.05) is 11.1 Å². The molecule has 0 aliphatic heterocycles. The number of thiophene rings is 2. The Hall–Kier alpha value is -3.78. The standard InChI is InChI=1S/C27H18ClN3O2S2/c28-18-7-3-16(4-8-18)22-13-12-21-24(29)25(35-27(21)31-22)26(33)30-19-9-5-17(6-10-19)23(32)14-11-20-2-1-15-34-20/h1-15H,29H2,(H,30,33). The second-order valence-corrected chi connectivity index (χ2v) is 10.1. The van der Waals surface area contributed by atoms with Gasteiger partial charge in [0.25, 0.3) is 5.91 Å². The van der Waals surface area contributed by atoms with Crippen LogP contribution in [-0.4, -0.2) is 16.7 Å². The van der Waals surface area contributed by atoms with Gasteiger partial charge in [-0.25, -0.2) is 4.98 Å². The molecule has 3 N–H and O–H groups in total. The second-order valence-electron chi connectivity index (χ2n) is 7.65. The lowest BCUT2D eigenvalue weighted by atomic mass is 10.1. The molecule has 3 aromatic heterocycles. The average molecular weight is 516 g/mol. The zero-order valence-corrected chi connectivity index (χ0v) is 20.6. The Balaban J connectivity index is 1.32. The number of carbonyl (C=O) groups is 2. The number of amides is 1. The number of hydrogen-bond acceptors (Lipinski definition) is 6. The number of ketones is 1. The van der Waals surface area contributed by atoms with Crippen LogP contribution >= 0.6 is 34.3 Å². The van der Waals surface area contributed by atoms with Crippen molar-refractivity contribution in [1.29, 1.82) is 0 Å². The van der Waals surface area contributed by atoms with Crippen molar-refractivity contribution in [3.05, 3.63) is 105 Å². The summed E-state index contributed by atoms with van der Waals surface area (Å²) in [6.07, 6.45) is 3.34. The van der Waals surface area contributed by atoms with Crippen LogP contribution in [0.5, 0.6) is 0 Å². The Kier molecular flexibility index (Phi) is 6.46. The molecule has 0 bridgehead atoms. The van der Waals surface area contributed by atoms with Crippen molar-refractivity contribution < 1.29 is 9.59 Å². The van der Waals surface area contributed by atoms with Gasteiger partial charge in [-0.05, 0) is 72.1 Å². The highest BCUT2D eigenvalue weighted by Crippen LogP contribution is 2.35. The minimum absolute atomic E-state index is 0.104. The molecule has 0 fully saturated rings. The summed E-state index contributed by atoms with van der Waals surface area (Å²) in [5.74, 6) is -0.428. The molecule has 0 spiro atoms. The van der Waals surface area contributed by atoms with Gasteiger partial charge in [-0.2, -0.15) is 0 Å². The number of fused-ring (bicyclic) bond motifs is 1. The molecule has 3 heterocycles. The van der Waals surface area contributed by atoms with Gasteiger partial charge in [0.15, 0.2) is 5.78 Å². The smallest absolute Gasteiger partial charge is 0.267 e. The van der Waals surface area contributed by atoms with Crippen LogP contribution in [-0.2, 0) is 0 Å². The largest absolute Gasteiger partial charge is 0.397 e. The van der Waals surface area contributed by atoms with E-state index in [9.17, 15) is 9.59 Å².